The lowest BCUT2D eigenvalue weighted by atomic mass is 10.0. The van der Waals surface area contributed by atoms with Crippen LogP contribution in [0.25, 0.3) is 16.8 Å². The number of halogens is 2. The molecule has 1 fully saturated rings. The highest BCUT2D eigenvalue weighted by atomic mass is 35.5. The lowest BCUT2D eigenvalue weighted by molar-refractivity contribution is -0.130. The lowest BCUT2D eigenvalue weighted by Crippen LogP contribution is -2.53. The van der Waals surface area contributed by atoms with Crippen LogP contribution in [-0.4, -0.2) is 36.0 Å². The van der Waals surface area contributed by atoms with E-state index in [4.69, 9.17) is 37.4 Å². The number of urea groups is 1. The van der Waals surface area contributed by atoms with Crippen molar-refractivity contribution in [3.8, 4) is 17.2 Å². The first-order valence-electron chi connectivity index (χ1n) is 14.1. The zero-order valence-corrected chi connectivity index (χ0v) is 25.7. The summed E-state index contributed by atoms with van der Waals surface area (Å²) in [5.74, 6) is -0.317. The number of fused-ring (bicyclic) bond motifs is 1. The summed E-state index contributed by atoms with van der Waals surface area (Å²) in [5.41, 5.74) is 1.57. The number of carbonyl (C=O) groups is 3. The molecule has 0 spiro atoms. The monoisotopic (exact) mass is 632 g/mol. The van der Waals surface area contributed by atoms with Crippen LogP contribution < -0.4 is 19.5 Å². The third-order valence-corrected chi connectivity index (χ3v) is 7.38. The van der Waals surface area contributed by atoms with E-state index in [2.05, 4.69) is 5.32 Å². The summed E-state index contributed by atoms with van der Waals surface area (Å²) >= 11 is 12.9. The van der Waals surface area contributed by atoms with E-state index in [1.165, 1.54) is 12.1 Å². The van der Waals surface area contributed by atoms with E-state index in [0.29, 0.717) is 35.8 Å². The molecule has 44 heavy (non-hydrogen) atoms. The molecule has 0 aromatic heterocycles. The van der Waals surface area contributed by atoms with Gasteiger partial charge in [0.15, 0.2) is 11.5 Å². The number of imide groups is 2. The van der Waals surface area contributed by atoms with Gasteiger partial charge in [0.25, 0.3) is 11.8 Å². The van der Waals surface area contributed by atoms with Crippen molar-refractivity contribution in [2.45, 2.75) is 33.4 Å². The number of barbiturate groups is 1. The molecule has 1 N–H and O–H groups in total. The highest BCUT2D eigenvalue weighted by molar-refractivity contribution is 6.36. The van der Waals surface area contributed by atoms with Gasteiger partial charge in [-0.2, -0.15) is 0 Å². The quantitative estimate of drug-likeness (QED) is 0.135. The highest BCUT2D eigenvalue weighted by Crippen LogP contribution is 2.36. The number of carbonyl (C=O) groups excluding carboxylic acids is 3. The summed E-state index contributed by atoms with van der Waals surface area (Å²) in [7, 11) is 0. The molecule has 4 aromatic rings. The second-order valence-corrected chi connectivity index (χ2v) is 10.8. The molecule has 0 saturated carbocycles. The van der Waals surface area contributed by atoms with Gasteiger partial charge in [-0.3, -0.25) is 19.8 Å². The first kappa shape index (κ1) is 30.9. The summed E-state index contributed by atoms with van der Waals surface area (Å²) in [4.78, 5) is 40.3. The lowest BCUT2D eigenvalue weighted by Gasteiger charge is -2.27. The Labute approximate surface area is 265 Å². The molecule has 4 amide bonds. The summed E-state index contributed by atoms with van der Waals surface area (Å²) in [6.07, 6.45) is 2.16. The van der Waals surface area contributed by atoms with Crippen molar-refractivity contribution in [1.29, 1.82) is 0 Å². The minimum absolute atomic E-state index is 0.107. The number of hydrogen-bond acceptors (Lipinski definition) is 6. The molecule has 0 aliphatic carbocycles. The van der Waals surface area contributed by atoms with E-state index in [-0.39, 0.29) is 34.5 Å². The number of benzene rings is 4. The Hall–Kier alpha value is -4.53. The van der Waals surface area contributed by atoms with Crippen molar-refractivity contribution in [2.75, 3.05) is 13.2 Å². The third-order valence-electron chi connectivity index (χ3n) is 6.89. The Morgan fingerprint density at radius 1 is 0.864 bits per heavy atom. The molecular formula is C34H30Cl2N2O6. The van der Waals surface area contributed by atoms with Gasteiger partial charge in [0.2, 0.25) is 0 Å². The minimum Gasteiger partial charge on any atom is -0.490 e. The number of nitrogens with zero attached hydrogens (tertiary/aromatic N) is 1. The van der Waals surface area contributed by atoms with Crippen molar-refractivity contribution in [1.82, 2.24) is 10.2 Å². The zero-order chi connectivity index (χ0) is 31.2. The van der Waals surface area contributed by atoms with Crippen LogP contribution in [-0.2, 0) is 22.7 Å². The van der Waals surface area contributed by atoms with Gasteiger partial charge >= 0.3 is 6.03 Å². The molecule has 5 rings (SSSR count). The Kier molecular flexibility index (Phi) is 9.72. The van der Waals surface area contributed by atoms with Crippen molar-refractivity contribution in [3.05, 3.63) is 105 Å². The summed E-state index contributed by atoms with van der Waals surface area (Å²) in [6, 6.07) is 21.2. The molecule has 1 saturated heterocycles. The molecule has 0 radical (unpaired) electrons. The molecule has 226 valence electrons. The van der Waals surface area contributed by atoms with Crippen LogP contribution in [0.3, 0.4) is 0 Å². The van der Waals surface area contributed by atoms with Gasteiger partial charge < -0.3 is 14.2 Å². The molecule has 0 atom stereocenters. The average molecular weight is 634 g/mol. The molecule has 1 aliphatic heterocycles. The van der Waals surface area contributed by atoms with Crippen molar-refractivity contribution < 1.29 is 28.6 Å². The van der Waals surface area contributed by atoms with Gasteiger partial charge in [-0.15, -0.1) is 0 Å². The standard InChI is InChI=1S/C34H30Cl2N2O6/c1-3-14-43-29-13-12-21(15-30(29)42-4-2)19-38-33(40)27(32(39)37-34(38)41)17-24-16-25(35)18-28(36)31(24)44-20-23-10-7-9-22-8-5-6-11-26(22)23/h5-13,15-18H,3-4,14,19-20H2,1-2H3,(H,37,39,41)/b27-17+. The van der Waals surface area contributed by atoms with Crippen molar-refractivity contribution in [3.63, 3.8) is 0 Å². The Balaban J connectivity index is 1.43. The fourth-order valence-electron chi connectivity index (χ4n) is 4.83. The maximum absolute atomic E-state index is 13.6. The van der Waals surface area contributed by atoms with Crippen LogP contribution in [0, 0.1) is 0 Å². The van der Waals surface area contributed by atoms with Crippen LogP contribution in [0.4, 0.5) is 4.79 Å². The van der Waals surface area contributed by atoms with E-state index in [1.807, 2.05) is 56.3 Å². The normalized spacial score (nSPS) is 14.2. The first-order valence-corrected chi connectivity index (χ1v) is 14.9. The van der Waals surface area contributed by atoms with Gasteiger partial charge in [-0.25, -0.2) is 4.79 Å². The van der Waals surface area contributed by atoms with Crippen LogP contribution in [0.15, 0.2) is 78.4 Å². The molecule has 1 aliphatic rings. The van der Waals surface area contributed by atoms with E-state index >= 15 is 0 Å². The Morgan fingerprint density at radius 2 is 1.66 bits per heavy atom. The number of hydrogen-bond donors (Lipinski definition) is 1. The van der Waals surface area contributed by atoms with Crippen LogP contribution in [0.2, 0.25) is 10.0 Å². The summed E-state index contributed by atoms with van der Waals surface area (Å²) in [6.45, 7) is 4.84. The number of nitrogens with one attached hydrogen (secondary N) is 1. The SMILES string of the molecule is CCCOc1ccc(CN2C(=O)NC(=O)/C(=C\c3cc(Cl)cc(Cl)c3OCc3cccc4ccccc34)C2=O)cc1OCC. The second-order valence-electron chi connectivity index (χ2n) is 10.0. The Bertz CT molecular complexity index is 1770. The zero-order valence-electron chi connectivity index (χ0n) is 24.2. The third kappa shape index (κ3) is 6.82. The Morgan fingerprint density at radius 3 is 2.45 bits per heavy atom. The van der Waals surface area contributed by atoms with Gasteiger partial charge in [0, 0.05) is 10.6 Å². The molecule has 8 nitrogen and oxygen atoms in total. The maximum Gasteiger partial charge on any atom is 0.331 e. The number of ether oxygens (including phenoxy) is 3. The van der Waals surface area contributed by atoms with Crippen LogP contribution in [0.5, 0.6) is 17.2 Å². The number of amides is 4. The van der Waals surface area contributed by atoms with Gasteiger partial charge in [-0.1, -0.05) is 78.7 Å². The molecule has 0 unspecified atom stereocenters. The van der Waals surface area contributed by atoms with E-state index in [0.717, 1.165) is 27.7 Å². The van der Waals surface area contributed by atoms with Crippen LogP contribution in [0.1, 0.15) is 37.0 Å². The number of rotatable bonds is 11. The van der Waals surface area contributed by atoms with Gasteiger partial charge in [0.1, 0.15) is 17.9 Å². The van der Waals surface area contributed by atoms with E-state index < -0.39 is 17.8 Å². The first-order chi connectivity index (χ1) is 21.3. The molecule has 0 bridgehead atoms. The predicted octanol–water partition coefficient (Wildman–Crippen LogP) is 7.58. The van der Waals surface area contributed by atoms with Gasteiger partial charge in [-0.05, 0) is 65.6 Å². The van der Waals surface area contributed by atoms with Crippen molar-refractivity contribution >= 4 is 57.9 Å². The molecule has 10 heteroatoms. The summed E-state index contributed by atoms with van der Waals surface area (Å²) < 4.78 is 17.6. The fraction of sp³-hybridized carbons (Fsp3) is 0.206. The molecule has 4 aromatic carbocycles. The predicted molar refractivity (Wildman–Crippen MR) is 170 cm³/mol. The minimum atomic E-state index is -0.842. The average Bonchev–Trinajstić information content (AvgIpc) is 3.00. The molecule has 1 heterocycles. The largest absolute Gasteiger partial charge is 0.490 e. The molecular weight excluding hydrogens is 603 g/mol. The smallest absolute Gasteiger partial charge is 0.331 e. The van der Waals surface area contributed by atoms with Crippen LogP contribution >= 0.6 is 23.2 Å². The second kappa shape index (κ2) is 13.8. The van der Waals surface area contributed by atoms with Crippen molar-refractivity contribution in [2.24, 2.45) is 0 Å². The fourth-order valence-corrected chi connectivity index (χ4v) is 5.40. The topological polar surface area (TPSA) is 94.2 Å². The van der Waals surface area contributed by atoms with E-state index in [1.54, 1.807) is 24.3 Å². The van der Waals surface area contributed by atoms with E-state index in [9.17, 15) is 14.4 Å². The van der Waals surface area contributed by atoms with Gasteiger partial charge in [0.05, 0.1) is 24.8 Å². The highest BCUT2D eigenvalue weighted by Gasteiger charge is 2.36. The summed E-state index contributed by atoms with van der Waals surface area (Å²) in [5, 5.41) is 4.82. The maximum atomic E-state index is 13.6.